The van der Waals surface area contributed by atoms with Gasteiger partial charge in [-0.1, -0.05) is 12.1 Å². The van der Waals surface area contributed by atoms with Gasteiger partial charge < -0.3 is 14.5 Å². The molecule has 1 aliphatic heterocycles. The van der Waals surface area contributed by atoms with Crippen LogP contribution in [0.5, 0.6) is 0 Å². The molecule has 0 atom stereocenters. The molecule has 1 amide bonds. The molecule has 1 aromatic carbocycles. The lowest BCUT2D eigenvalue weighted by molar-refractivity contribution is 0.0240. The third kappa shape index (κ3) is 4.30. The van der Waals surface area contributed by atoms with E-state index in [1.165, 1.54) is 10.6 Å². The monoisotopic (exact) mass is 308 g/mol. The lowest BCUT2D eigenvalue weighted by Crippen LogP contribution is -2.50. The highest BCUT2D eigenvalue weighted by Crippen LogP contribution is 2.29. The van der Waals surface area contributed by atoms with Crippen LogP contribution in [0.25, 0.3) is 0 Å². The van der Waals surface area contributed by atoms with Crippen LogP contribution in [0, 0.1) is 0 Å². The zero-order chi connectivity index (χ0) is 15.5. The van der Waals surface area contributed by atoms with Gasteiger partial charge in [0.15, 0.2) is 0 Å². The van der Waals surface area contributed by atoms with E-state index in [1.54, 1.807) is 16.7 Å². The summed E-state index contributed by atoms with van der Waals surface area (Å²) in [6, 6.07) is 8.41. The molecule has 0 radical (unpaired) electrons. The number of hydrogen-bond donors (Lipinski definition) is 0. The zero-order valence-corrected chi connectivity index (χ0v) is 14.1. The summed E-state index contributed by atoms with van der Waals surface area (Å²) < 4.78 is 5.43. The number of nitrogens with zero attached hydrogens (tertiary/aromatic N) is 2. The molecule has 0 bridgehead atoms. The molecule has 21 heavy (non-hydrogen) atoms. The maximum absolute atomic E-state index is 12.1. The number of para-hydroxylation sites is 1. The predicted molar refractivity (Wildman–Crippen MR) is 88.2 cm³/mol. The van der Waals surface area contributed by atoms with Gasteiger partial charge in [-0.25, -0.2) is 4.79 Å². The third-order valence-corrected chi connectivity index (χ3v) is 4.14. The third-order valence-electron chi connectivity index (χ3n) is 3.36. The molecule has 0 saturated carbocycles. The summed E-state index contributed by atoms with van der Waals surface area (Å²) in [5.74, 6) is 0. The first-order chi connectivity index (χ1) is 9.90. The highest BCUT2D eigenvalue weighted by molar-refractivity contribution is 7.98. The van der Waals surface area contributed by atoms with Gasteiger partial charge in [0.1, 0.15) is 5.60 Å². The summed E-state index contributed by atoms with van der Waals surface area (Å²) in [7, 11) is 0. The molecular weight excluding hydrogens is 284 g/mol. The Morgan fingerprint density at radius 2 is 1.76 bits per heavy atom. The maximum atomic E-state index is 12.1. The molecule has 1 saturated heterocycles. The van der Waals surface area contributed by atoms with Crippen molar-refractivity contribution in [1.29, 1.82) is 0 Å². The number of hydrogen-bond acceptors (Lipinski definition) is 4. The lowest BCUT2D eigenvalue weighted by Gasteiger charge is -2.37. The van der Waals surface area contributed by atoms with Crippen molar-refractivity contribution in [2.75, 3.05) is 37.3 Å². The van der Waals surface area contributed by atoms with E-state index in [9.17, 15) is 4.79 Å². The van der Waals surface area contributed by atoms with Crippen LogP contribution in [0.2, 0.25) is 0 Å². The highest BCUT2D eigenvalue weighted by Gasteiger charge is 2.26. The van der Waals surface area contributed by atoms with Gasteiger partial charge in [-0.15, -0.1) is 11.8 Å². The maximum Gasteiger partial charge on any atom is 0.410 e. The SMILES string of the molecule is CSc1ccccc1N1CCN(C(=O)OC(C)(C)C)CC1. The van der Waals surface area contributed by atoms with Crippen LogP contribution in [0.4, 0.5) is 10.5 Å². The molecule has 0 N–H and O–H groups in total. The van der Waals surface area contributed by atoms with Gasteiger partial charge in [0.2, 0.25) is 0 Å². The standard InChI is InChI=1S/C16H24N2O2S/c1-16(2,3)20-15(19)18-11-9-17(10-12-18)13-7-5-6-8-14(13)21-4/h5-8H,9-12H2,1-4H3. The lowest BCUT2D eigenvalue weighted by atomic mass is 10.2. The van der Waals surface area contributed by atoms with E-state index in [0.717, 1.165) is 13.1 Å². The summed E-state index contributed by atoms with van der Waals surface area (Å²) in [6.45, 7) is 8.80. The molecule has 1 heterocycles. The zero-order valence-electron chi connectivity index (χ0n) is 13.3. The van der Waals surface area contributed by atoms with E-state index in [1.807, 2.05) is 20.8 Å². The highest BCUT2D eigenvalue weighted by atomic mass is 32.2. The second-order valence-electron chi connectivity index (χ2n) is 6.13. The summed E-state index contributed by atoms with van der Waals surface area (Å²) in [4.78, 5) is 17.5. The molecule has 0 aromatic heterocycles. The van der Waals surface area contributed by atoms with Crippen molar-refractivity contribution in [3.63, 3.8) is 0 Å². The number of anilines is 1. The van der Waals surface area contributed by atoms with E-state index in [0.29, 0.717) is 13.1 Å². The number of rotatable bonds is 2. The van der Waals surface area contributed by atoms with Crippen molar-refractivity contribution >= 4 is 23.5 Å². The van der Waals surface area contributed by atoms with Gasteiger partial charge in [-0.05, 0) is 39.2 Å². The van der Waals surface area contributed by atoms with E-state index in [-0.39, 0.29) is 6.09 Å². The van der Waals surface area contributed by atoms with Crippen LogP contribution in [0.3, 0.4) is 0 Å². The number of ether oxygens (including phenoxy) is 1. The van der Waals surface area contributed by atoms with Crippen molar-refractivity contribution in [3.8, 4) is 0 Å². The Hall–Kier alpha value is -1.36. The molecule has 2 rings (SSSR count). The fourth-order valence-corrected chi connectivity index (χ4v) is 2.97. The average Bonchev–Trinajstić information content (AvgIpc) is 2.45. The Morgan fingerprint density at radius 1 is 1.14 bits per heavy atom. The van der Waals surface area contributed by atoms with Crippen molar-refractivity contribution in [1.82, 2.24) is 4.90 Å². The van der Waals surface area contributed by atoms with E-state index in [2.05, 4.69) is 35.4 Å². The Balaban J connectivity index is 1.96. The largest absolute Gasteiger partial charge is 0.444 e. The van der Waals surface area contributed by atoms with E-state index < -0.39 is 5.60 Å². The molecule has 1 aromatic rings. The van der Waals surface area contributed by atoms with E-state index >= 15 is 0 Å². The second kappa shape index (κ2) is 6.60. The quantitative estimate of drug-likeness (QED) is 0.783. The van der Waals surface area contributed by atoms with Crippen molar-refractivity contribution in [3.05, 3.63) is 24.3 Å². The summed E-state index contributed by atoms with van der Waals surface area (Å²) in [5, 5.41) is 0. The molecule has 0 aliphatic carbocycles. The molecule has 116 valence electrons. The van der Waals surface area contributed by atoms with Gasteiger partial charge in [-0.2, -0.15) is 0 Å². The van der Waals surface area contributed by atoms with Crippen LogP contribution in [0.15, 0.2) is 29.2 Å². The van der Waals surface area contributed by atoms with Gasteiger partial charge in [-0.3, -0.25) is 0 Å². The molecular formula is C16H24N2O2S. The van der Waals surface area contributed by atoms with Gasteiger partial charge in [0.05, 0.1) is 5.69 Å². The van der Waals surface area contributed by atoms with Crippen LogP contribution in [-0.2, 0) is 4.74 Å². The second-order valence-corrected chi connectivity index (χ2v) is 6.97. The smallest absolute Gasteiger partial charge is 0.410 e. The predicted octanol–water partition coefficient (Wildman–Crippen LogP) is 3.47. The number of amides is 1. The average molecular weight is 308 g/mol. The van der Waals surface area contributed by atoms with Gasteiger partial charge >= 0.3 is 6.09 Å². The Bertz CT molecular complexity index is 491. The number of benzene rings is 1. The van der Waals surface area contributed by atoms with Crippen LogP contribution < -0.4 is 4.90 Å². The Labute approximate surface area is 131 Å². The summed E-state index contributed by atoms with van der Waals surface area (Å²) in [6.07, 6.45) is 1.88. The van der Waals surface area contributed by atoms with Crippen molar-refractivity contribution < 1.29 is 9.53 Å². The van der Waals surface area contributed by atoms with Crippen LogP contribution in [-0.4, -0.2) is 49.0 Å². The minimum Gasteiger partial charge on any atom is -0.444 e. The first kappa shape index (κ1) is 16.0. The molecule has 4 nitrogen and oxygen atoms in total. The van der Waals surface area contributed by atoms with Crippen molar-refractivity contribution in [2.45, 2.75) is 31.3 Å². The molecule has 5 heteroatoms. The van der Waals surface area contributed by atoms with Gasteiger partial charge in [0.25, 0.3) is 0 Å². The number of carbonyl (C=O) groups is 1. The first-order valence-electron chi connectivity index (χ1n) is 7.26. The minimum atomic E-state index is -0.431. The molecule has 1 aliphatic rings. The Kier molecular flexibility index (Phi) is 5.04. The van der Waals surface area contributed by atoms with E-state index in [4.69, 9.17) is 4.74 Å². The molecule has 0 unspecified atom stereocenters. The summed E-state index contributed by atoms with van der Waals surface area (Å²) >= 11 is 1.76. The fourth-order valence-electron chi connectivity index (χ4n) is 2.35. The van der Waals surface area contributed by atoms with Gasteiger partial charge in [0, 0.05) is 31.1 Å². The summed E-state index contributed by atoms with van der Waals surface area (Å²) in [5.41, 5.74) is 0.827. The minimum absolute atomic E-state index is 0.208. The Morgan fingerprint density at radius 3 is 2.33 bits per heavy atom. The van der Waals surface area contributed by atoms with Crippen LogP contribution in [0.1, 0.15) is 20.8 Å². The van der Waals surface area contributed by atoms with Crippen LogP contribution >= 0.6 is 11.8 Å². The number of piperazine rings is 1. The number of carbonyl (C=O) groups excluding carboxylic acids is 1. The normalized spacial score (nSPS) is 16.0. The fraction of sp³-hybridized carbons (Fsp3) is 0.562. The molecule has 0 spiro atoms. The number of thioether (sulfide) groups is 1. The van der Waals surface area contributed by atoms with Crippen molar-refractivity contribution in [2.24, 2.45) is 0 Å². The first-order valence-corrected chi connectivity index (χ1v) is 8.49. The molecule has 1 fully saturated rings. The topological polar surface area (TPSA) is 32.8 Å².